The molecule has 0 unspecified atom stereocenters. The van der Waals surface area contributed by atoms with Crippen LogP contribution in [0.1, 0.15) is 54.9 Å². The van der Waals surface area contributed by atoms with Gasteiger partial charge >= 0.3 is 0 Å². The number of nitrogens with one attached hydrogen (secondary N) is 1. The molecule has 39 heavy (non-hydrogen) atoms. The Kier molecular flexibility index (Phi) is 9.20. The van der Waals surface area contributed by atoms with E-state index in [9.17, 15) is 4.79 Å². The number of amidine groups is 1. The number of hydrogen-bond donors (Lipinski definition) is 1. The number of hydrogen-bond acceptors (Lipinski definition) is 5. The van der Waals surface area contributed by atoms with Crippen molar-refractivity contribution < 1.29 is 4.79 Å². The molecule has 0 bridgehead atoms. The maximum atomic E-state index is 14.2. The topological polar surface area (TPSA) is 60.8 Å². The van der Waals surface area contributed by atoms with E-state index in [1.807, 2.05) is 43.4 Å². The van der Waals surface area contributed by atoms with E-state index in [-0.39, 0.29) is 11.9 Å². The highest BCUT2D eigenvalue weighted by molar-refractivity contribution is 8.13. The van der Waals surface area contributed by atoms with Crippen LogP contribution in [0.15, 0.2) is 59.6 Å². The zero-order chi connectivity index (χ0) is 27.2. The first-order valence-corrected chi connectivity index (χ1v) is 15.6. The summed E-state index contributed by atoms with van der Waals surface area (Å²) in [6.45, 7) is 6.56. The Morgan fingerprint density at radius 1 is 1.03 bits per heavy atom. The predicted molar refractivity (Wildman–Crippen MR) is 164 cm³/mol. The third kappa shape index (κ3) is 6.30. The zero-order valence-electron chi connectivity index (χ0n) is 23.5. The van der Waals surface area contributed by atoms with E-state index < -0.39 is 0 Å². The molecule has 2 heterocycles. The quantitative estimate of drug-likeness (QED) is 0.302. The van der Waals surface area contributed by atoms with Crippen LogP contribution in [0.3, 0.4) is 0 Å². The maximum Gasteiger partial charge on any atom is 0.252 e. The largest absolute Gasteiger partial charge is 0.349 e. The number of piperazine rings is 1. The number of aliphatic imine (C=N–C) groups is 1. The minimum absolute atomic E-state index is 0.0280. The number of rotatable bonds is 6. The maximum absolute atomic E-state index is 14.2. The number of carbonyl (C=O) groups excluding carboxylic acids is 1. The molecule has 1 amide bonds. The summed E-state index contributed by atoms with van der Waals surface area (Å²) in [5.74, 6) is 0.576. The van der Waals surface area contributed by atoms with Gasteiger partial charge in [-0.05, 0) is 38.0 Å². The molecule has 206 valence electrons. The van der Waals surface area contributed by atoms with E-state index in [1.165, 1.54) is 32.1 Å². The van der Waals surface area contributed by atoms with Crippen molar-refractivity contribution in [2.24, 2.45) is 10.9 Å². The number of pyridine rings is 1. The number of para-hydroxylation sites is 1. The molecule has 2 aliphatic rings. The molecular formula is C32H41N5OS. The van der Waals surface area contributed by atoms with Crippen LogP contribution < -0.4 is 5.32 Å². The lowest BCUT2D eigenvalue weighted by molar-refractivity contribution is 0.0918. The van der Waals surface area contributed by atoms with Crippen molar-refractivity contribution in [1.29, 1.82) is 0 Å². The molecule has 0 radical (unpaired) electrons. The lowest BCUT2D eigenvalue weighted by atomic mass is 9.84. The third-order valence-electron chi connectivity index (χ3n) is 8.38. The number of nitrogens with zero attached hydrogens (tertiary/aromatic N) is 4. The van der Waals surface area contributed by atoms with Crippen molar-refractivity contribution in [2.75, 3.05) is 39.5 Å². The Labute approximate surface area is 237 Å². The van der Waals surface area contributed by atoms with E-state index in [1.54, 1.807) is 11.8 Å². The van der Waals surface area contributed by atoms with Crippen LogP contribution in [-0.2, 0) is 6.54 Å². The second-order valence-corrected chi connectivity index (χ2v) is 11.6. The molecular weight excluding hydrogens is 502 g/mol. The first-order valence-electron chi connectivity index (χ1n) is 14.3. The SMILES string of the molecule is C/N=C(\SC)N1CCN(Cc2c(-c3ccccc3)nc3ccccc3c2C(=O)N[C@@H](C)C2CCCCC2)CC1. The van der Waals surface area contributed by atoms with Crippen LogP contribution in [0.25, 0.3) is 22.2 Å². The first kappa shape index (κ1) is 27.7. The van der Waals surface area contributed by atoms with Crippen molar-refractivity contribution in [3.8, 4) is 11.3 Å². The van der Waals surface area contributed by atoms with Gasteiger partial charge in [0.2, 0.25) is 0 Å². The fourth-order valence-electron chi connectivity index (χ4n) is 6.21. The van der Waals surface area contributed by atoms with Crippen molar-refractivity contribution in [3.05, 3.63) is 65.7 Å². The van der Waals surface area contributed by atoms with Gasteiger partial charge in [0.05, 0.1) is 16.8 Å². The van der Waals surface area contributed by atoms with Gasteiger partial charge in [-0.1, -0.05) is 79.6 Å². The summed E-state index contributed by atoms with van der Waals surface area (Å²) in [5.41, 5.74) is 4.63. The summed E-state index contributed by atoms with van der Waals surface area (Å²) in [5, 5.41) is 5.46. The van der Waals surface area contributed by atoms with Crippen molar-refractivity contribution in [1.82, 2.24) is 20.1 Å². The van der Waals surface area contributed by atoms with Gasteiger partial charge in [-0.3, -0.25) is 14.7 Å². The minimum Gasteiger partial charge on any atom is -0.349 e. The molecule has 0 spiro atoms. The summed E-state index contributed by atoms with van der Waals surface area (Å²) in [4.78, 5) is 28.6. The fourth-order valence-corrected chi connectivity index (χ4v) is 6.84. The second-order valence-electron chi connectivity index (χ2n) is 10.8. The molecule has 2 fully saturated rings. The summed E-state index contributed by atoms with van der Waals surface area (Å²) in [6, 6.07) is 18.6. The highest BCUT2D eigenvalue weighted by Gasteiger charge is 2.28. The lowest BCUT2D eigenvalue weighted by Gasteiger charge is -2.36. The predicted octanol–water partition coefficient (Wildman–Crippen LogP) is 6.07. The van der Waals surface area contributed by atoms with E-state index >= 15 is 0 Å². The average molecular weight is 544 g/mol. The van der Waals surface area contributed by atoms with Crippen LogP contribution in [0.5, 0.6) is 0 Å². The normalized spacial score (nSPS) is 18.3. The van der Waals surface area contributed by atoms with Gasteiger partial charge in [0.25, 0.3) is 5.91 Å². The molecule has 1 saturated carbocycles. The summed E-state index contributed by atoms with van der Waals surface area (Å²) < 4.78 is 0. The van der Waals surface area contributed by atoms with Crippen LogP contribution >= 0.6 is 11.8 Å². The van der Waals surface area contributed by atoms with Crippen molar-refractivity contribution >= 4 is 33.7 Å². The van der Waals surface area contributed by atoms with Gasteiger partial charge in [-0.2, -0.15) is 0 Å². The molecule has 1 aliphatic heterocycles. The van der Waals surface area contributed by atoms with Gasteiger partial charge in [0, 0.05) is 62.3 Å². The van der Waals surface area contributed by atoms with E-state index in [2.05, 4.69) is 51.5 Å². The van der Waals surface area contributed by atoms with E-state index in [0.717, 1.165) is 64.6 Å². The highest BCUT2D eigenvalue weighted by Crippen LogP contribution is 2.33. The lowest BCUT2D eigenvalue weighted by Crippen LogP contribution is -2.47. The molecule has 1 aromatic heterocycles. The molecule has 6 nitrogen and oxygen atoms in total. The second kappa shape index (κ2) is 13.0. The molecule has 2 aromatic carbocycles. The zero-order valence-corrected chi connectivity index (χ0v) is 24.3. The van der Waals surface area contributed by atoms with Crippen LogP contribution in [-0.4, -0.2) is 71.4 Å². The van der Waals surface area contributed by atoms with Crippen LogP contribution in [0, 0.1) is 5.92 Å². The Hall–Kier alpha value is -2.90. The van der Waals surface area contributed by atoms with Gasteiger partial charge in [0.15, 0.2) is 5.17 Å². The number of thioether (sulfide) groups is 1. The Bertz CT molecular complexity index is 1300. The highest BCUT2D eigenvalue weighted by atomic mass is 32.2. The molecule has 1 saturated heterocycles. The van der Waals surface area contributed by atoms with Crippen molar-refractivity contribution in [2.45, 2.75) is 51.6 Å². The number of aromatic nitrogens is 1. The fraction of sp³-hybridized carbons (Fsp3) is 0.469. The van der Waals surface area contributed by atoms with Crippen LogP contribution in [0.4, 0.5) is 0 Å². The van der Waals surface area contributed by atoms with Gasteiger partial charge < -0.3 is 10.2 Å². The summed E-state index contributed by atoms with van der Waals surface area (Å²) in [7, 11) is 1.87. The summed E-state index contributed by atoms with van der Waals surface area (Å²) in [6.07, 6.45) is 8.32. The molecule has 1 N–H and O–H groups in total. The minimum atomic E-state index is 0.0280. The molecule has 1 aliphatic carbocycles. The molecule has 3 aromatic rings. The smallest absolute Gasteiger partial charge is 0.252 e. The molecule has 5 rings (SSSR count). The number of fused-ring (bicyclic) bond motifs is 1. The Balaban J connectivity index is 1.52. The van der Waals surface area contributed by atoms with Gasteiger partial charge in [-0.25, -0.2) is 4.98 Å². The standard InChI is InChI=1S/C32H41N5OS/c1-23(24-12-6-4-7-13-24)34-31(38)29-26-16-10-11-17-28(26)35-30(25-14-8-5-9-15-25)27(29)22-36-18-20-37(21-19-36)32(33-2)39-3/h5,8-11,14-17,23-24H,4,6-7,12-13,18-22H2,1-3H3,(H,34,38)/b33-32-/t23-/m0/s1. The number of benzene rings is 2. The Morgan fingerprint density at radius 3 is 2.41 bits per heavy atom. The molecule has 7 heteroatoms. The first-order chi connectivity index (χ1) is 19.1. The van der Waals surface area contributed by atoms with E-state index in [0.29, 0.717) is 12.5 Å². The number of amides is 1. The summed E-state index contributed by atoms with van der Waals surface area (Å²) >= 11 is 1.70. The average Bonchev–Trinajstić information content (AvgIpc) is 2.99. The van der Waals surface area contributed by atoms with Crippen molar-refractivity contribution in [3.63, 3.8) is 0 Å². The van der Waals surface area contributed by atoms with Gasteiger partial charge in [-0.15, -0.1) is 0 Å². The van der Waals surface area contributed by atoms with Crippen LogP contribution in [0.2, 0.25) is 0 Å². The molecule has 1 atom stereocenters. The third-order valence-corrected chi connectivity index (χ3v) is 9.19. The number of carbonyl (C=O) groups is 1. The van der Waals surface area contributed by atoms with Gasteiger partial charge in [0.1, 0.15) is 0 Å². The monoisotopic (exact) mass is 543 g/mol. The van der Waals surface area contributed by atoms with E-state index in [4.69, 9.17) is 4.98 Å². The Morgan fingerprint density at radius 2 is 1.72 bits per heavy atom.